The summed E-state index contributed by atoms with van der Waals surface area (Å²) in [5.74, 6) is -0.206. The summed E-state index contributed by atoms with van der Waals surface area (Å²) < 4.78 is 0. The number of aromatic nitrogens is 2. The van der Waals surface area contributed by atoms with Crippen molar-refractivity contribution in [2.24, 2.45) is 0 Å². The van der Waals surface area contributed by atoms with E-state index < -0.39 is 0 Å². The average molecular weight is 286 g/mol. The van der Waals surface area contributed by atoms with Gasteiger partial charge in [0.1, 0.15) is 0 Å². The third-order valence-electron chi connectivity index (χ3n) is 2.79. The van der Waals surface area contributed by atoms with Crippen molar-refractivity contribution in [2.75, 3.05) is 10.6 Å². The average Bonchev–Trinajstić information content (AvgIpc) is 3.17. The van der Waals surface area contributed by atoms with Crippen molar-refractivity contribution < 1.29 is 4.79 Å². The van der Waals surface area contributed by atoms with Crippen molar-refractivity contribution in [3.05, 3.63) is 42.0 Å². The number of nitrogens with one attached hydrogen (secondary N) is 2. The van der Waals surface area contributed by atoms with Crippen LogP contribution in [0.1, 0.15) is 18.4 Å². The van der Waals surface area contributed by atoms with Crippen molar-refractivity contribution in [1.29, 1.82) is 0 Å². The summed E-state index contributed by atoms with van der Waals surface area (Å²) in [7, 11) is 0. The number of amides is 1. The van der Waals surface area contributed by atoms with Crippen LogP contribution < -0.4 is 10.6 Å². The molecule has 0 spiro atoms. The van der Waals surface area contributed by atoms with E-state index in [1.165, 1.54) is 30.3 Å². The Morgan fingerprint density at radius 3 is 2.70 bits per heavy atom. The number of carbonyl (C=O) groups excluding carboxylic acids is 1. The highest BCUT2D eigenvalue weighted by molar-refractivity contribution is 7.19. The molecule has 5 nitrogen and oxygen atoms in total. The quantitative estimate of drug-likeness (QED) is 0.829. The number of hydrogen-bond donors (Lipinski definition) is 2. The molecule has 3 rings (SSSR count). The standard InChI is InChI=1S/C14H14N4OS/c19-12(9-6-10-4-2-1-3-5-10)16-14-18-17-13(20-14)15-11-7-8-11/h1-6,9,11H,7-8H2,(H,15,17)(H,16,18,19)/b9-6+. The molecule has 2 aromatic rings. The number of benzene rings is 1. The fraction of sp³-hybridized carbons (Fsp3) is 0.214. The largest absolute Gasteiger partial charge is 0.357 e. The first-order chi connectivity index (χ1) is 9.79. The second-order valence-electron chi connectivity index (χ2n) is 4.56. The third kappa shape index (κ3) is 3.64. The van der Waals surface area contributed by atoms with Gasteiger partial charge in [-0.05, 0) is 24.5 Å². The minimum Gasteiger partial charge on any atom is -0.357 e. The molecular weight excluding hydrogens is 272 g/mol. The van der Waals surface area contributed by atoms with Crippen molar-refractivity contribution in [3.63, 3.8) is 0 Å². The zero-order chi connectivity index (χ0) is 13.8. The molecule has 2 N–H and O–H groups in total. The van der Waals surface area contributed by atoms with Gasteiger partial charge in [0.25, 0.3) is 0 Å². The van der Waals surface area contributed by atoms with Crippen LogP contribution >= 0.6 is 11.3 Å². The lowest BCUT2D eigenvalue weighted by molar-refractivity contribution is -0.111. The van der Waals surface area contributed by atoms with E-state index in [0.29, 0.717) is 11.2 Å². The Bertz CT molecular complexity index is 619. The van der Waals surface area contributed by atoms with Gasteiger partial charge in [-0.1, -0.05) is 41.7 Å². The molecule has 1 heterocycles. The summed E-state index contributed by atoms with van der Waals surface area (Å²) >= 11 is 1.35. The maximum Gasteiger partial charge on any atom is 0.250 e. The van der Waals surface area contributed by atoms with Crippen molar-refractivity contribution in [3.8, 4) is 0 Å². The van der Waals surface area contributed by atoms with E-state index >= 15 is 0 Å². The fourth-order valence-corrected chi connectivity index (χ4v) is 2.34. The van der Waals surface area contributed by atoms with Crippen LogP contribution in [0.25, 0.3) is 6.08 Å². The molecule has 102 valence electrons. The first kappa shape index (κ1) is 12.8. The molecule has 1 aliphatic rings. The molecular formula is C14H14N4OS. The van der Waals surface area contributed by atoms with E-state index in [9.17, 15) is 4.79 Å². The van der Waals surface area contributed by atoms with Gasteiger partial charge in [-0.25, -0.2) is 0 Å². The van der Waals surface area contributed by atoms with Crippen LogP contribution in [-0.4, -0.2) is 22.1 Å². The van der Waals surface area contributed by atoms with Crippen LogP contribution in [0.5, 0.6) is 0 Å². The number of anilines is 2. The smallest absolute Gasteiger partial charge is 0.250 e. The molecule has 0 aliphatic heterocycles. The van der Waals surface area contributed by atoms with Crippen molar-refractivity contribution in [2.45, 2.75) is 18.9 Å². The number of carbonyl (C=O) groups is 1. The summed E-state index contributed by atoms with van der Waals surface area (Å²) in [5.41, 5.74) is 0.982. The molecule has 1 aromatic carbocycles. The number of nitrogens with zero attached hydrogens (tertiary/aromatic N) is 2. The number of hydrogen-bond acceptors (Lipinski definition) is 5. The maximum atomic E-state index is 11.8. The molecule has 1 amide bonds. The van der Waals surface area contributed by atoms with Gasteiger partial charge in [-0.2, -0.15) is 0 Å². The Kier molecular flexibility index (Phi) is 3.73. The summed E-state index contributed by atoms with van der Waals surface area (Å²) in [6.07, 6.45) is 5.62. The predicted octanol–water partition coefficient (Wildman–Crippen LogP) is 2.76. The fourth-order valence-electron chi connectivity index (χ4n) is 1.62. The molecule has 6 heteroatoms. The topological polar surface area (TPSA) is 66.9 Å². The normalized spacial score (nSPS) is 14.4. The highest BCUT2D eigenvalue weighted by Crippen LogP contribution is 2.27. The summed E-state index contributed by atoms with van der Waals surface area (Å²) in [5, 5.41) is 15.1. The summed E-state index contributed by atoms with van der Waals surface area (Å²) in [6, 6.07) is 10.2. The Hall–Kier alpha value is -2.21. The zero-order valence-corrected chi connectivity index (χ0v) is 11.6. The van der Waals surface area contributed by atoms with Gasteiger partial charge in [-0.15, -0.1) is 10.2 Å². The highest BCUT2D eigenvalue weighted by atomic mass is 32.1. The van der Waals surface area contributed by atoms with Crippen LogP contribution in [0.3, 0.4) is 0 Å². The van der Waals surface area contributed by atoms with E-state index in [-0.39, 0.29) is 5.91 Å². The van der Waals surface area contributed by atoms with Crippen LogP contribution in [0.15, 0.2) is 36.4 Å². The molecule has 1 aliphatic carbocycles. The lowest BCUT2D eigenvalue weighted by Crippen LogP contribution is -2.07. The van der Waals surface area contributed by atoms with Gasteiger partial charge in [0.15, 0.2) is 0 Å². The van der Waals surface area contributed by atoms with E-state index in [0.717, 1.165) is 10.7 Å². The van der Waals surface area contributed by atoms with Gasteiger partial charge in [0, 0.05) is 12.1 Å². The lowest BCUT2D eigenvalue weighted by atomic mass is 10.2. The Labute approximate surface area is 120 Å². The maximum absolute atomic E-state index is 11.8. The number of rotatable bonds is 5. The predicted molar refractivity (Wildman–Crippen MR) is 80.7 cm³/mol. The zero-order valence-electron chi connectivity index (χ0n) is 10.7. The molecule has 20 heavy (non-hydrogen) atoms. The molecule has 1 fully saturated rings. The SMILES string of the molecule is O=C(/C=C/c1ccccc1)Nc1nnc(NC2CC2)s1. The van der Waals surface area contributed by atoms with Crippen molar-refractivity contribution in [1.82, 2.24) is 10.2 Å². The van der Waals surface area contributed by atoms with Crippen LogP contribution in [0.4, 0.5) is 10.3 Å². The monoisotopic (exact) mass is 286 g/mol. The summed E-state index contributed by atoms with van der Waals surface area (Å²) in [4.78, 5) is 11.8. The van der Waals surface area contributed by atoms with Gasteiger partial charge in [0.2, 0.25) is 16.2 Å². The first-order valence-corrected chi connectivity index (χ1v) is 7.25. The molecule has 1 aromatic heterocycles. The second-order valence-corrected chi connectivity index (χ2v) is 5.54. The van der Waals surface area contributed by atoms with E-state index in [1.54, 1.807) is 6.08 Å². The minimum absolute atomic E-state index is 0.206. The van der Waals surface area contributed by atoms with Crippen LogP contribution in [-0.2, 0) is 4.79 Å². The van der Waals surface area contributed by atoms with E-state index in [2.05, 4.69) is 20.8 Å². The molecule has 0 radical (unpaired) electrons. The molecule has 0 bridgehead atoms. The Morgan fingerprint density at radius 2 is 1.95 bits per heavy atom. The minimum atomic E-state index is -0.206. The third-order valence-corrected chi connectivity index (χ3v) is 3.56. The molecule has 0 atom stereocenters. The van der Waals surface area contributed by atoms with Gasteiger partial charge in [0.05, 0.1) is 0 Å². The van der Waals surface area contributed by atoms with Gasteiger partial charge >= 0.3 is 0 Å². The Morgan fingerprint density at radius 1 is 1.20 bits per heavy atom. The molecule has 0 saturated heterocycles. The van der Waals surface area contributed by atoms with Crippen molar-refractivity contribution >= 4 is 33.6 Å². The molecule has 1 saturated carbocycles. The van der Waals surface area contributed by atoms with Crippen LogP contribution in [0.2, 0.25) is 0 Å². The Balaban J connectivity index is 1.55. The first-order valence-electron chi connectivity index (χ1n) is 6.44. The van der Waals surface area contributed by atoms with E-state index in [1.807, 2.05) is 30.3 Å². The van der Waals surface area contributed by atoms with Crippen LogP contribution in [0, 0.1) is 0 Å². The van der Waals surface area contributed by atoms with Gasteiger partial charge in [-0.3, -0.25) is 10.1 Å². The van der Waals surface area contributed by atoms with E-state index in [4.69, 9.17) is 0 Å². The second kappa shape index (κ2) is 5.83. The van der Waals surface area contributed by atoms with Gasteiger partial charge < -0.3 is 5.32 Å². The lowest BCUT2D eigenvalue weighted by Gasteiger charge is -1.96. The highest BCUT2D eigenvalue weighted by Gasteiger charge is 2.22. The molecule has 0 unspecified atom stereocenters. The summed E-state index contributed by atoms with van der Waals surface area (Å²) in [6.45, 7) is 0.